The van der Waals surface area contributed by atoms with Crippen LogP contribution in [0.2, 0.25) is 5.02 Å². The van der Waals surface area contributed by atoms with Gasteiger partial charge in [-0.3, -0.25) is 4.79 Å². The fourth-order valence-corrected chi connectivity index (χ4v) is 2.48. The van der Waals surface area contributed by atoms with E-state index in [1.54, 1.807) is 6.92 Å². The maximum atomic E-state index is 12.0. The van der Waals surface area contributed by atoms with Gasteiger partial charge in [0.25, 0.3) is 0 Å². The Kier molecular flexibility index (Phi) is 4.11. The summed E-state index contributed by atoms with van der Waals surface area (Å²) in [6.07, 6.45) is 0.292. The summed E-state index contributed by atoms with van der Waals surface area (Å²) in [6.45, 7) is 2.22. The Morgan fingerprint density at radius 2 is 2.09 bits per heavy atom. The zero-order chi connectivity index (χ0) is 15.5. The van der Waals surface area contributed by atoms with Crippen LogP contribution >= 0.6 is 11.6 Å². The zero-order valence-electron chi connectivity index (χ0n) is 12.1. The molecule has 0 saturated carbocycles. The quantitative estimate of drug-likeness (QED) is 0.799. The minimum absolute atomic E-state index is 0.0597. The van der Waals surface area contributed by atoms with Gasteiger partial charge >= 0.3 is 0 Å². The molecule has 2 aromatic carbocycles. The van der Waals surface area contributed by atoms with Gasteiger partial charge in [-0.15, -0.1) is 0 Å². The number of carbonyl (C=O) groups is 1. The third-order valence-corrected chi connectivity index (χ3v) is 3.73. The smallest absolute Gasteiger partial charge is 0.224 e. The number of halogens is 1. The molecule has 0 aliphatic heterocycles. The third-order valence-electron chi connectivity index (χ3n) is 3.36. The van der Waals surface area contributed by atoms with Gasteiger partial charge in [-0.1, -0.05) is 35.9 Å². The molecule has 4 nitrogen and oxygen atoms in total. The van der Waals surface area contributed by atoms with E-state index in [2.05, 4.69) is 10.3 Å². The molecule has 0 aliphatic rings. The van der Waals surface area contributed by atoms with Gasteiger partial charge < -0.3 is 9.73 Å². The number of hydrogen-bond donors (Lipinski definition) is 1. The van der Waals surface area contributed by atoms with Crippen molar-refractivity contribution in [1.29, 1.82) is 0 Å². The molecule has 3 aromatic rings. The number of aromatic nitrogens is 1. The molecule has 0 bridgehead atoms. The molecule has 0 spiro atoms. The Hall–Kier alpha value is -2.33. The second kappa shape index (κ2) is 6.20. The molecule has 1 amide bonds. The minimum Gasteiger partial charge on any atom is -0.441 e. The first-order chi connectivity index (χ1) is 10.6. The Labute approximate surface area is 133 Å². The lowest BCUT2D eigenvalue weighted by Gasteiger charge is -2.07. The lowest BCUT2D eigenvalue weighted by Crippen LogP contribution is -2.24. The van der Waals surface area contributed by atoms with E-state index in [9.17, 15) is 4.79 Å². The molecule has 1 aromatic heterocycles. The highest BCUT2D eigenvalue weighted by molar-refractivity contribution is 6.31. The van der Waals surface area contributed by atoms with Crippen LogP contribution in [0.1, 0.15) is 17.0 Å². The number of fused-ring (bicyclic) bond motifs is 1. The summed E-state index contributed by atoms with van der Waals surface area (Å²) >= 11 is 6.06. The van der Waals surface area contributed by atoms with Gasteiger partial charge in [0.05, 0.1) is 6.42 Å². The summed E-state index contributed by atoms with van der Waals surface area (Å²) in [6, 6.07) is 13.1. The van der Waals surface area contributed by atoms with Crippen molar-refractivity contribution in [2.24, 2.45) is 0 Å². The number of carbonyl (C=O) groups excluding carboxylic acids is 1. The largest absolute Gasteiger partial charge is 0.441 e. The van der Waals surface area contributed by atoms with Crippen molar-refractivity contribution in [3.8, 4) is 0 Å². The van der Waals surface area contributed by atoms with E-state index < -0.39 is 0 Å². The van der Waals surface area contributed by atoms with E-state index in [4.69, 9.17) is 16.0 Å². The summed E-state index contributed by atoms with van der Waals surface area (Å²) in [7, 11) is 0. The molecule has 0 atom stereocenters. The van der Waals surface area contributed by atoms with Crippen LogP contribution in [0.15, 0.2) is 46.9 Å². The number of nitrogens with zero attached hydrogens (tertiary/aromatic N) is 1. The van der Waals surface area contributed by atoms with Crippen molar-refractivity contribution in [2.75, 3.05) is 0 Å². The van der Waals surface area contributed by atoms with Crippen molar-refractivity contribution in [3.63, 3.8) is 0 Å². The molecule has 3 rings (SSSR count). The summed E-state index contributed by atoms with van der Waals surface area (Å²) in [4.78, 5) is 16.3. The average Bonchev–Trinajstić information content (AvgIpc) is 2.86. The normalized spacial score (nSPS) is 10.8. The Morgan fingerprint density at radius 3 is 2.91 bits per heavy atom. The molecule has 0 fully saturated rings. The van der Waals surface area contributed by atoms with Crippen LogP contribution in [-0.2, 0) is 17.8 Å². The molecule has 112 valence electrons. The lowest BCUT2D eigenvalue weighted by atomic mass is 10.1. The Balaban J connectivity index is 1.64. The van der Waals surface area contributed by atoms with Crippen molar-refractivity contribution in [1.82, 2.24) is 10.3 Å². The van der Waals surface area contributed by atoms with Crippen LogP contribution in [0.5, 0.6) is 0 Å². The van der Waals surface area contributed by atoms with Crippen molar-refractivity contribution in [3.05, 3.63) is 64.5 Å². The van der Waals surface area contributed by atoms with E-state index in [0.717, 1.165) is 16.6 Å². The third kappa shape index (κ3) is 3.28. The van der Waals surface area contributed by atoms with Gasteiger partial charge in [-0.05, 0) is 29.3 Å². The zero-order valence-corrected chi connectivity index (χ0v) is 12.9. The second-order valence-electron chi connectivity index (χ2n) is 5.08. The highest BCUT2D eigenvalue weighted by Crippen LogP contribution is 2.17. The fourth-order valence-electron chi connectivity index (χ4n) is 2.28. The van der Waals surface area contributed by atoms with E-state index >= 15 is 0 Å². The SMILES string of the molecule is Cc1nc2ccc(CC(=O)NCc3ccccc3Cl)cc2o1. The van der Waals surface area contributed by atoms with Gasteiger partial charge in [0.1, 0.15) is 5.52 Å². The maximum Gasteiger partial charge on any atom is 0.224 e. The number of oxazole rings is 1. The summed E-state index contributed by atoms with van der Waals surface area (Å²) in [5, 5.41) is 3.53. The van der Waals surface area contributed by atoms with Crippen molar-refractivity contribution < 1.29 is 9.21 Å². The maximum absolute atomic E-state index is 12.0. The van der Waals surface area contributed by atoms with Crippen LogP contribution in [-0.4, -0.2) is 10.9 Å². The van der Waals surface area contributed by atoms with Crippen LogP contribution in [0.4, 0.5) is 0 Å². The Bertz CT molecular complexity index is 826. The number of nitrogens with one attached hydrogen (secondary N) is 1. The first-order valence-electron chi connectivity index (χ1n) is 6.98. The first kappa shape index (κ1) is 14.6. The molecular weight excluding hydrogens is 300 g/mol. The molecule has 0 unspecified atom stereocenters. The van der Waals surface area contributed by atoms with Crippen LogP contribution in [0.25, 0.3) is 11.1 Å². The summed E-state index contributed by atoms with van der Waals surface area (Å²) in [5.74, 6) is 0.561. The van der Waals surface area contributed by atoms with Gasteiger partial charge in [-0.2, -0.15) is 0 Å². The van der Waals surface area contributed by atoms with E-state index in [1.165, 1.54) is 0 Å². The molecule has 5 heteroatoms. The van der Waals surface area contributed by atoms with Gasteiger partial charge in [-0.25, -0.2) is 4.98 Å². The predicted octanol–water partition coefficient (Wildman–Crippen LogP) is 3.65. The van der Waals surface area contributed by atoms with E-state index in [0.29, 0.717) is 29.5 Å². The highest BCUT2D eigenvalue weighted by Gasteiger charge is 2.08. The molecule has 22 heavy (non-hydrogen) atoms. The van der Waals surface area contributed by atoms with Gasteiger partial charge in [0.15, 0.2) is 11.5 Å². The fraction of sp³-hybridized carbons (Fsp3) is 0.176. The monoisotopic (exact) mass is 314 g/mol. The standard InChI is InChI=1S/C17H15ClN2O2/c1-11-20-15-7-6-12(8-16(15)22-11)9-17(21)19-10-13-4-2-3-5-14(13)18/h2-8H,9-10H2,1H3,(H,19,21). The van der Waals surface area contributed by atoms with Crippen molar-refractivity contribution in [2.45, 2.75) is 19.9 Å². The lowest BCUT2D eigenvalue weighted by molar-refractivity contribution is -0.120. The van der Waals surface area contributed by atoms with Crippen LogP contribution in [0, 0.1) is 6.92 Å². The van der Waals surface area contributed by atoms with Gasteiger partial charge in [0, 0.05) is 18.5 Å². The number of hydrogen-bond acceptors (Lipinski definition) is 3. The topological polar surface area (TPSA) is 55.1 Å². The number of amides is 1. The van der Waals surface area contributed by atoms with Gasteiger partial charge in [0.2, 0.25) is 5.91 Å². The Morgan fingerprint density at radius 1 is 1.27 bits per heavy atom. The molecule has 0 radical (unpaired) electrons. The van der Waals surface area contributed by atoms with Crippen LogP contribution < -0.4 is 5.32 Å². The molecule has 1 heterocycles. The highest BCUT2D eigenvalue weighted by atomic mass is 35.5. The van der Waals surface area contributed by atoms with E-state index in [1.807, 2.05) is 42.5 Å². The number of benzene rings is 2. The molecular formula is C17H15ClN2O2. The number of aryl methyl sites for hydroxylation is 1. The first-order valence-corrected chi connectivity index (χ1v) is 7.36. The predicted molar refractivity (Wildman–Crippen MR) is 85.7 cm³/mol. The summed E-state index contributed by atoms with van der Waals surface area (Å²) < 4.78 is 5.47. The number of rotatable bonds is 4. The second-order valence-corrected chi connectivity index (χ2v) is 5.49. The molecule has 0 aliphatic carbocycles. The average molecular weight is 315 g/mol. The van der Waals surface area contributed by atoms with Crippen LogP contribution in [0.3, 0.4) is 0 Å². The van der Waals surface area contributed by atoms with Crippen molar-refractivity contribution >= 4 is 28.6 Å². The molecule has 1 N–H and O–H groups in total. The minimum atomic E-state index is -0.0597. The molecule has 0 saturated heterocycles. The summed E-state index contributed by atoms with van der Waals surface area (Å²) in [5.41, 5.74) is 3.30. The van der Waals surface area contributed by atoms with E-state index in [-0.39, 0.29) is 5.91 Å².